The van der Waals surface area contributed by atoms with Gasteiger partial charge in [-0.05, 0) is 44.5 Å². The van der Waals surface area contributed by atoms with Crippen molar-refractivity contribution in [1.82, 2.24) is 10.3 Å². The van der Waals surface area contributed by atoms with E-state index in [1.165, 1.54) is 35.0 Å². The first-order chi connectivity index (χ1) is 8.70. The molecule has 1 aliphatic rings. The molecular formula is C15H20N2O. The van der Waals surface area contributed by atoms with E-state index in [1.807, 2.05) is 7.05 Å². The molecule has 0 atom stereocenters. The summed E-state index contributed by atoms with van der Waals surface area (Å²) < 4.78 is 5.29. The smallest absolute Gasteiger partial charge is 0.120 e. The van der Waals surface area contributed by atoms with Gasteiger partial charge in [0.25, 0.3) is 0 Å². The minimum Gasteiger partial charge on any atom is -0.497 e. The van der Waals surface area contributed by atoms with E-state index in [4.69, 9.17) is 4.74 Å². The van der Waals surface area contributed by atoms with Crippen LogP contribution >= 0.6 is 0 Å². The Morgan fingerprint density at radius 1 is 1.39 bits per heavy atom. The van der Waals surface area contributed by atoms with Gasteiger partial charge in [0.05, 0.1) is 7.11 Å². The summed E-state index contributed by atoms with van der Waals surface area (Å²) in [6.45, 7) is 3.24. The van der Waals surface area contributed by atoms with Crippen molar-refractivity contribution < 1.29 is 4.74 Å². The van der Waals surface area contributed by atoms with Gasteiger partial charge >= 0.3 is 0 Å². The third-order valence-electron chi connectivity index (χ3n) is 4.09. The zero-order valence-electron chi connectivity index (χ0n) is 11.3. The number of hydrogen-bond donors (Lipinski definition) is 2. The van der Waals surface area contributed by atoms with Crippen LogP contribution in [0.1, 0.15) is 24.1 Å². The van der Waals surface area contributed by atoms with E-state index in [0.29, 0.717) is 5.41 Å². The van der Waals surface area contributed by atoms with Crippen molar-refractivity contribution in [3.8, 4) is 5.75 Å². The number of nitrogens with one attached hydrogen (secondary N) is 2. The SMILES string of the molecule is CNCC1(c2c(C)[nH]c3cc(OC)ccc23)CC1. The Hall–Kier alpha value is -1.48. The lowest BCUT2D eigenvalue weighted by molar-refractivity contribution is 0.415. The molecule has 3 rings (SSSR count). The molecule has 96 valence electrons. The maximum absolute atomic E-state index is 5.29. The molecule has 0 spiro atoms. The van der Waals surface area contributed by atoms with E-state index >= 15 is 0 Å². The highest BCUT2D eigenvalue weighted by molar-refractivity contribution is 5.87. The Bertz CT molecular complexity index is 581. The van der Waals surface area contributed by atoms with Gasteiger partial charge < -0.3 is 15.0 Å². The fourth-order valence-electron chi connectivity index (χ4n) is 3.13. The molecule has 1 saturated carbocycles. The predicted molar refractivity (Wildman–Crippen MR) is 74.4 cm³/mol. The fourth-order valence-corrected chi connectivity index (χ4v) is 3.13. The number of aromatic nitrogens is 1. The minimum absolute atomic E-state index is 0.353. The zero-order chi connectivity index (χ0) is 12.8. The van der Waals surface area contributed by atoms with Crippen molar-refractivity contribution in [2.24, 2.45) is 0 Å². The molecule has 0 amide bonds. The first-order valence-electron chi connectivity index (χ1n) is 6.51. The summed E-state index contributed by atoms with van der Waals surface area (Å²) in [6, 6.07) is 6.32. The molecule has 3 heteroatoms. The van der Waals surface area contributed by atoms with Gasteiger partial charge in [0, 0.05) is 34.6 Å². The van der Waals surface area contributed by atoms with E-state index in [9.17, 15) is 0 Å². The normalized spacial score (nSPS) is 17.1. The maximum Gasteiger partial charge on any atom is 0.120 e. The summed E-state index contributed by atoms with van der Waals surface area (Å²) in [6.07, 6.45) is 2.57. The molecule has 1 aromatic heterocycles. The fraction of sp³-hybridized carbons (Fsp3) is 0.467. The van der Waals surface area contributed by atoms with Gasteiger partial charge in [0.1, 0.15) is 5.75 Å². The molecule has 1 heterocycles. The van der Waals surface area contributed by atoms with Gasteiger partial charge in [0.15, 0.2) is 0 Å². The van der Waals surface area contributed by atoms with Crippen LogP contribution in [-0.2, 0) is 5.41 Å². The number of aromatic amines is 1. The first kappa shape index (κ1) is 11.6. The molecule has 2 aromatic rings. The van der Waals surface area contributed by atoms with Crippen LogP contribution in [0.15, 0.2) is 18.2 Å². The summed E-state index contributed by atoms with van der Waals surface area (Å²) in [4.78, 5) is 3.50. The molecule has 0 bridgehead atoms. The number of rotatable bonds is 4. The predicted octanol–water partition coefficient (Wildman–Crippen LogP) is 2.74. The summed E-state index contributed by atoms with van der Waals surface area (Å²) in [5.74, 6) is 0.911. The van der Waals surface area contributed by atoms with Gasteiger partial charge in [-0.25, -0.2) is 0 Å². The molecule has 0 saturated heterocycles. The number of likely N-dealkylation sites (N-methyl/N-ethyl adjacent to an activating group) is 1. The van der Waals surface area contributed by atoms with Crippen LogP contribution in [0.3, 0.4) is 0 Å². The quantitative estimate of drug-likeness (QED) is 0.867. The molecule has 18 heavy (non-hydrogen) atoms. The number of hydrogen-bond acceptors (Lipinski definition) is 2. The van der Waals surface area contributed by atoms with Gasteiger partial charge in [-0.3, -0.25) is 0 Å². The van der Waals surface area contributed by atoms with E-state index in [1.54, 1.807) is 7.11 Å². The molecule has 3 nitrogen and oxygen atoms in total. The topological polar surface area (TPSA) is 37.0 Å². The molecule has 0 unspecified atom stereocenters. The largest absolute Gasteiger partial charge is 0.497 e. The molecular weight excluding hydrogens is 224 g/mol. The first-order valence-corrected chi connectivity index (χ1v) is 6.51. The Kier molecular flexibility index (Phi) is 2.59. The Labute approximate surface area is 108 Å². The van der Waals surface area contributed by atoms with Crippen molar-refractivity contribution in [1.29, 1.82) is 0 Å². The van der Waals surface area contributed by atoms with E-state index < -0.39 is 0 Å². The van der Waals surface area contributed by atoms with E-state index in [-0.39, 0.29) is 0 Å². The second-order valence-electron chi connectivity index (χ2n) is 5.35. The Balaban J connectivity index is 2.15. The van der Waals surface area contributed by atoms with Crippen molar-refractivity contribution in [2.45, 2.75) is 25.2 Å². The summed E-state index contributed by atoms with van der Waals surface area (Å²) in [5, 5.41) is 4.68. The van der Waals surface area contributed by atoms with Crippen LogP contribution in [0.5, 0.6) is 5.75 Å². The summed E-state index contributed by atoms with van der Waals surface area (Å²) in [7, 11) is 3.74. The Morgan fingerprint density at radius 3 is 2.78 bits per heavy atom. The molecule has 1 aliphatic carbocycles. The van der Waals surface area contributed by atoms with Crippen LogP contribution in [0.2, 0.25) is 0 Å². The summed E-state index contributed by atoms with van der Waals surface area (Å²) >= 11 is 0. The maximum atomic E-state index is 5.29. The van der Waals surface area contributed by atoms with Crippen LogP contribution in [0, 0.1) is 6.92 Å². The van der Waals surface area contributed by atoms with Crippen LogP contribution < -0.4 is 10.1 Å². The second kappa shape index (κ2) is 4.02. The highest BCUT2D eigenvalue weighted by Gasteiger charge is 2.46. The third-order valence-corrected chi connectivity index (χ3v) is 4.09. The average molecular weight is 244 g/mol. The average Bonchev–Trinajstić information content (AvgIpc) is 3.04. The Morgan fingerprint density at radius 2 is 2.17 bits per heavy atom. The van der Waals surface area contributed by atoms with Gasteiger partial charge in [0.2, 0.25) is 0 Å². The van der Waals surface area contributed by atoms with Gasteiger partial charge in [-0.1, -0.05) is 0 Å². The monoisotopic (exact) mass is 244 g/mol. The number of ether oxygens (including phenoxy) is 1. The number of methoxy groups -OCH3 is 1. The lowest BCUT2D eigenvalue weighted by atomic mass is 9.93. The van der Waals surface area contributed by atoms with Gasteiger partial charge in [-0.15, -0.1) is 0 Å². The van der Waals surface area contributed by atoms with Crippen molar-refractivity contribution in [2.75, 3.05) is 20.7 Å². The van der Waals surface area contributed by atoms with Crippen LogP contribution in [-0.4, -0.2) is 25.7 Å². The third kappa shape index (κ3) is 1.62. The standard InChI is InChI=1S/C15H20N2O/c1-10-14(15(6-7-15)9-16-2)12-5-4-11(18-3)8-13(12)17-10/h4-5,8,16-17H,6-7,9H2,1-3H3. The number of H-pyrrole nitrogens is 1. The van der Waals surface area contributed by atoms with E-state index in [0.717, 1.165) is 12.3 Å². The van der Waals surface area contributed by atoms with Crippen molar-refractivity contribution in [3.63, 3.8) is 0 Å². The van der Waals surface area contributed by atoms with Gasteiger partial charge in [-0.2, -0.15) is 0 Å². The van der Waals surface area contributed by atoms with Crippen molar-refractivity contribution >= 4 is 10.9 Å². The second-order valence-corrected chi connectivity index (χ2v) is 5.35. The summed E-state index contributed by atoms with van der Waals surface area (Å²) in [5.41, 5.74) is 4.33. The van der Waals surface area contributed by atoms with Crippen LogP contribution in [0.25, 0.3) is 10.9 Å². The highest BCUT2D eigenvalue weighted by atomic mass is 16.5. The lowest BCUT2D eigenvalue weighted by Gasteiger charge is -2.15. The lowest BCUT2D eigenvalue weighted by Crippen LogP contribution is -2.24. The highest BCUT2D eigenvalue weighted by Crippen LogP contribution is 2.51. The minimum atomic E-state index is 0.353. The molecule has 1 fully saturated rings. The number of fused-ring (bicyclic) bond motifs is 1. The van der Waals surface area contributed by atoms with Crippen molar-refractivity contribution in [3.05, 3.63) is 29.5 Å². The molecule has 1 aromatic carbocycles. The number of benzene rings is 1. The number of aryl methyl sites for hydroxylation is 1. The molecule has 0 radical (unpaired) electrons. The van der Waals surface area contributed by atoms with Crippen LogP contribution in [0.4, 0.5) is 0 Å². The molecule has 0 aliphatic heterocycles. The molecule has 2 N–H and O–H groups in total. The zero-order valence-corrected chi connectivity index (χ0v) is 11.3. The van der Waals surface area contributed by atoms with E-state index in [2.05, 4.69) is 35.4 Å².